The summed E-state index contributed by atoms with van der Waals surface area (Å²) in [6.07, 6.45) is 14.9. The lowest BCUT2D eigenvalue weighted by molar-refractivity contribution is 0.346. The van der Waals surface area contributed by atoms with E-state index in [-0.39, 0.29) is 5.75 Å². The van der Waals surface area contributed by atoms with Crippen LogP contribution in [0.2, 0.25) is 0 Å². The van der Waals surface area contributed by atoms with Crippen molar-refractivity contribution in [2.24, 2.45) is 0 Å². The van der Waals surface area contributed by atoms with Crippen molar-refractivity contribution in [2.45, 2.75) is 104 Å². The van der Waals surface area contributed by atoms with Crippen LogP contribution >= 0.6 is 0 Å². The highest BCUT2D eigenvalue weighted by atomic mass is 32.3. The second-order valence-corrected chi connectivity index (χ2v) is 10.3. The van der Waals surface area contributed by atoms with Gasteiger partial charge in [0.05, 0.1) is 0 Å². The Hall–Kier alpha value is -1.16. The fraction of sp³-hybridized carbons (Fsp3) is 0.727. The Kier molecular flexibility index (Phi) is 13.3. The maximum Gasteiger partial charge on any atom is 0.465 e. The quantitative estimate of drug-likeness (QED) is 0.206. The molecule has 0 saturated heterocycles. The molecule has 1 aromatic rings. The van der Waals surface area contributed by atoms with Gasteiger partial charge in [-0.05, 0) is 42.9 Å². The number of hydrogen-bond acceptors (Lipinski definition) is 6. The van der Waals surface area contributed by atoms with Crippen molar-refractivity contribution < 1.29 is 29.2 Å². The molecule has 0 unspecified atom stereocenters. The second-order valence-electron chi connectivity index (χ2n) is 7.92. The molecule has 31 heavy (non-hydrogen) atoms. The Labute approximate surface area is 188 Å². The molecule has 180 valence electrons. The molecule has 0 radical (unpaired) electrons. The van der Waals surface area contributed by atoms with Crippen LogP contribution < -0.4 is 4.18 Å². The Morgan fingerprint density at radius 1 is 0.742 bits per heavy atom. The van der Waals surface area contributed by atoms with Crippen LogP contribution in [0.3, 0.4) is 0 Å². The summed E-state index contributed by atoms with van der Waals surface area (Å²) in [5.74, 6) is 0.0562. The predicted octanol–water partition coefficient (Wildman–Crippen LogP) is 5.94. The first-order valence-corrected chi connectivity index (χ1v) is 14.1. The van der Waals surface area contributed by atoms with Crippen LogP contribution in [0.4, 0.5) is 0 Å². The smallest absolute Gasteiger partial charge is 0.361 e. The van der Waals surface area contributed by atoms with Gasteiger partial charge in [-0.2, -0.15) is 16.8 Å². The van der Waals surface area contributed by atoms with Crippen LogP contribution in [-0.4, -0.2) is 21.4 Å². The molecule has 0 heterocycles. The highest BCUT2D eigenvalue weighted by Crippen LogP contribution is 2.28. The third kappa shape index (κ3) is 13.1. The number of aryl methyl sites for hydroxylation is 1. The van der Waals surface area contributed by atoms with Crippen LogP contribution in [0.25, 0.3) is 0 Å². The van der Waals surface area contributed by atoms with Crippen molar-refractivity contribution in [1.29, 1.82) is 0 Å². The van der Waals surface area contributed by atoms with E-state index >= 15 is 0 Å². The van der Waals surface area contributed by atoms with E-state index in [9.17, 15) is 16.8 Å². The summed E-state index contributed by atoms with van der Waals surface area (Å²) in [7, 11) is -10.1. The van der Waals surface area contributed by atoms with Crippen LogP contribution in [-0.2, 0) is 37.3 Å². The summed E-state index contributed by atoms with van der Waals surface area (Å²) in [6, 6.07) is 5.14. The van der Waals surface area contributed by atoms with Gasteiger partial charge in [-0.1, -0.05) is 93.8 Å². The molecule has 0 atom stereocenters. The molecule has 0 amide bonds. The van der Waals surface area contributed by atoms with Crippen molar-refractivity contribution in [2.75, 3.05) is 0 Å². The number of benzene rings is 1. The maximum absolute atomic E-state index is 11.9. The minimum absolute atomic E-state index is 0.0562. The first-order chi connectivity index (χ1) is 14.7. The average Bonchev–Trinajstić information content (AvgIpc) is 2.66. The van der Waals surface area contributed by atoms with E-state index in [2.05, 4.69) is 17.5 Å². The zero-order valence-corrected chi connectivity index (χ0v) is 20.5. The highest BCUT2D eigenvalue weighted by molar-refractivity contribution is 7.95. The van der Waals surface area contributed by atoms with Crippen molar-refractivity contribution in [3.63, 3.8) is 0 Å². The molecular formula is C22H38O7S2. The van der Waals surface area contributed by atoms with E-state index in [1.807, 2.05) is 6.07 Å². The van der Waals surface area contributed by atoms with Crippen molar-refractivity contribution >= 4 is 20.8 Å². The molecule has 1 aromatic carbocycles. The van der Waals surface area contributed by atoms with Gasteiger partial charge in [0.15, 0.2) is 0 Å². The van der Waals surface area contributed by atoms with Crippen LogP contribution in [0.15, 0.2) is 18.2 Å². The molecular weight excluding hydrogens is 440 g/mol. The summed E-state index contributed by atoms with van der Waals surface area (Å²) in [4.78, 5) is 0. The predicted molar refractivity (Wildman–Crippen MR) is 123 cm³/mol. The normalized spacial score (nSPS) is 12.2. The van der Waals surface area contributed by atoms with E-state index in [0.717, 1.165) is 49.7 Å². The molecule has 0 aliphatic heterocycles. The van der Waals surface area contributed by atoms with Crippen LogP contribution in [0.1, 0.15) is 102 Å². The average molecular weight is 479 g/mol. The first kappa shape index (κ1) is 27.9. The first-order valence-electron chi connectivity index (χ1n) is 11.4. The molecule has 1 N–H and O–H groups in total. The minimum atomic E-state index is -5.19. The van der Waals surface area contributed by atoms with Gasteiger partial charge in [0.1, 0.15) is 5.75 Å². The number of unbranched alkanes of at least 4 members (excludes halogenated alkanes) is 10. The van der Waals surface area contributed by atoms with Crippen LogP contribution in [0, 0.1) is 0 Å². The summed E-state index contributed by atoms with van der Waals surface area (Å²) in [5, 5.41) is 0. The van der Waals surface area contributed by atoms with E-state index in [4.69, 9.17) is 8.74 Å². The minimum Gasteiger partial charge on any atom is -0.361 e. The van der Waals surface area contributed by atoms with E-state index in [1.54, 1.807) is 6.07 Å². The van der Waals surface area contributed by atoms with Gasteiger partial charge in [-0.3, -0.25) is 4.55 Å². The van der Waals surface area contributed by atoms with Gasteiger partial charge >= 0.3 is 20.8 Å². The Bertz CT molecular complexity index is 833. The van der Waals surface area contributed by atoms with Gasteiger partial charge in [-0.25, -0.2) is 0 Å². The lowest BCUT2D eigenvalue weighted by Gasteiger charge is -2.15. The molecule has 0 saturated carbocycles. The highest BCUT2D eigenvalue weighted by Gasteiger charge is 2.24. The molecule has 7 nitrogen and oxygen atoms in total. The zero-order chi connectivity index (χ0) is 23.2. The Morgan fingerprint density at radius 2 is 1.26 bits per heavy atom. The third-order valence-corrected chi connectivity index (χ3v) is 6.91. The third-order valence-electron chi connectivity index (χ3n) is 5.17. The summed E-state index contributed by atoms with van der Waals surface area (Å²) < 4.78 is 62.7. The van der Waals surface area contributed by atoms with Gasteiger partial charge < -0.3 is 4.18 Å². The summed E-state index contributed by atoms with van der Waals surface area (Å²) in [6.45, 7) is 4.34. The van der Waals surface area contributed by atoms with Crippen molar-refractivity contribution in [3.8, 4) is 5.75 Å². The summed E-state index contributed by atoms with van der Waals surface area (Å²) >= 11 is 0. The fourth-order valence-electron chi connectivity index (χ4n) is 3.61. The molecule has 1 rings (SSSR count). The molecule has 0 spiro atoms. The van der Waals surface area contributed by atoms with E-state index < -0.39 is 20.8 Å². The Morgan fingerprint density at radius 3 is 1.81 bits per heavy atom. The lowest BCUT2D eigenvalue weighted by atomic mass is 9.95. The topological polar surface area (TPSA) is 107 Å². The standard InChI is InChI=1S/C22H38O7S2/c1-3-5-7-9-11-13-16-20-17-15-19-22(28-31(26,27)29-30(23,24)25)21(20)18-14-12-10-8-6-4-2/h15,17,19H,3-14,16,18H2,1-2H3,(H,23,24,25). The van der Waals surface area contributed by atoms with Crippen molar-refractivity contribution in [1.82, 2.24) is 0 Å². The van der Waals surface area contributed by atoms with E-state index in [1.165, 1.54) is 51.0 Å². The number of rotatable bonds is 18. The monoisotopic (exact) mass is 478 g/mol. The lowest BCUT2D eigenvalue weighted by Crippen LogP contribution is -2.18. The van der Waals surface area contributed by atoms with Gasteiger partial charge in [0, 0.05) is 0 Å². The molecule has 0 aromatic heterocycles. The molecule has 0 bridgehead atoms. The maximum atomic E-state index is 11.9. The Balaban J connectivity index is 2.88. The molecule has 9 heteroatoms. The molecule has 0 aliphatic carbocycles. The van der Waals surface area contributed by atoms with Gasteiger partial charge in [0.2, 0.25) is 0 Å². The fourth-order valence-corrected chi connectivity index (χ4v) is 4.94. The second kappa shape index (κ2) is 14.8. The SMILES string of the molecule is CCCCCCCCc1cccc(OS(=O)(=O)OS(=O)(=O)O)c1CCCCCCCC. The number of hydrogen-bond donors (Lipinski definition) is 1. The zero-order valence-electron chi connectivity index (χ0n) is 18.8. The summed E-state index contributed by atoms with van der Waals surface area (Å²) in [5.41, 5.74) is 1.76. The van der Waals surface area contributed by atoms with E-state index in [0.29, 0.717) is 6.42 Å². The van der Waals surface area contributed by atoms with Gasteiger partial charge in [0.25, 0.3) is 0 Å². The van der Waals surface area contributed by atoms with Crippen molar-refractivity contribution in [3.05, 3.63) is 29.3 Å². The van der Waals surface area contributed by atoms with Crippen LogP contribution in [0.5, 0.6) is 5.75 Å². The largest absolute Gasteiger partial charge is 0.465 e. The van der Waals surface area contributed by atoms with Gasteiger partial charge in [-0.15, -0.1) is 0 Å². The molecule has 0 aliphatic rings. The molecule has 0 fully saturated rings.